The number of hydrogen-bond donors (Lipinski definition) is 0. The standard InChI is InChI=1S/C21H20ClFN2O4S2/c1-2-29-20(26)13-4-7-16(8-5-13)25(10-14-3-6-15(23)9-17(14)22)21-24-18-11-31(27,28)12-19(18)30-21/h3-9,18-19H,2,10-12H2,1H3/t18-,19+/m1/s1. The van der Waals surface area contributed by atoms with Crippen molar-refractivity contribution in [2.24, 2.45) is 4.99 Å². The number of halogens is 2. The Morgan fingerprint density at radius 1 is 1.26 bits per heavy atom. The Balaban J connectivity index is 1.66. The largest absolute Gasteiger partial charge is 0.462 e. The molecule has 0 bridgehead atoms. The van der Waals surface area contributed by atoms with Crippen LogP contribution in [0.1, 0.15) is 22.8 Å². The van der Waals surface area contributed by atoms with E-state index in [0.717, 1.165) is 5.69 Å². The van der Waals surface area contributed by atoms with Crippen molar-refractivity contribution in [3.63, 3.8) is 0 Å². The zero-order chi connectivity index (χ0) is 22.2. The van der Waals surface area contributed by atoms with Gasteiger partial charge in [-0.3, -0.25) is 4.99 Å². The molecule has 2 atom stereocenters. The fourth-order valence-corrected chi connectivity index (χ4v) is 7.56. The van der Waals surface area contributed by atoms with Gasteiger partial charge >= 0.3 is 5.97 Å². The van der Waals surface area contributed by atoms with Crippen molar-refractivity contribution in [1.82, 2.24) is 0 Å². The number of sulfone groups is 1. The van der Waals surface area contributed by atoms with Crippen LogP contribution in [-0.4, -0.2) is 49.0 Å². The second-order valence-corrected chi connectivity index (χ2v) is 11.1. The molecule has 2 aliphatic rings. The average Bonchev–Trinajstić information content (AvgIpc) is 3.21. The van der Waals surface area contributed by atoms with Gasteiger partial charge in [0.25, 0.3) is 0 Å². The Hall–Kier alpha value is -2.10. The topological polar surface area (TPSA) is 76.0 Å². The molecule has 0 aromatic heterocycles. The molecule has 164 valence electrons. The number of benzene rings is 2. The second kappa shape index (κ2) is 8.80. The van der Waals surface area contributed by atoms with Crippen LogP contribution in [0.2, 0.25) is 5.02 Å². The minimum absolute atomic E-state index is 0.0428. The van der Waals surface area contributed by atoms with E-state index >= 15 is 0 Å². The molecule has 0 amide bonds. The first-order valence-electron chi connectivity index (χ1n) is 9.69. The number of hydrogen-bond acceptors (Lipinski definition) is 7. The molecular formula is C21H20ClFN2O4S2. The number of ether oxygens (including phenoxy) is 1. The van der Waals surface area contributed by atoms with Gasteiger partial charge in [0.2, 0.25) is 0 Å². The number of aliphatic imine (C=N–C) groups is 1. The average molecular weight is 483 g/mol. The molecule has 31 heavy (non-hydrogen) atoms. The van der Waals surface area contributed by atoms with E-state index in [4.69, 9.17) is 16.3 Å². The molecule has 2 heterocycles. The summed E-state index contributed by atoms with van der Waals surface area (Å²) in [6.07, 6.45) is 0. The van der Waals surface area contributed by atoms with Gasteiger partial charge in [0, 0.05) is 16.0 Å². The SMILES string of the molecule is CCOC(=O)c1ccc(N(Cc2ccc(F)cc2Cl)C2=N[C@@H]3CS(=O)(=O)C[C@@H]3S2)cc1. The Morgan fingerprint density at radius 2 is 2.00 bits per heavy atom. The lowest BCUT2D eigenvalue weighted by Crippen LogP contribution is -2.28. The Kier molecular flexibility index (Phi) is 6.27. The van der Waals surface area contributed by atoms with Crippen LogP contribution < -0.4 is 4.90 Å². The molecule has 0 N–H and O–H groups in total. The lowest BCUT2D eigenvalue weighted by atomic mass is 10.1. The number of esters is 1. The normalized spacial score (nSPS) is 21.5. The fourth-order valence-electron chi connectivity index (χ4n) is 3.55. The van der Waals surface area contributed by atoms with E-state index in [-0.39, 0.29) is 29.4 Å². The van der Waals surface area contributed by atoms with Gasteiger partial charge in [-0.1, -0.05) is 29.4 Å². The number of thioether (sulfide) groups is 1. The highest BCUT2D eigenvalue weighted by atomic mass is 35.5. The molecule has 2 aliphatic heterocycles. The van der Waals surface area contributed by atoms with Crippen LogP contribution in [0.5, 0.6) is 0 Å². The molecule has 4 rings (SSSR count). The van der Waals surface area contributed by atoms with E-state index in [1.165, 1.54) is 23.9 Å². The van der Waals surface area contributed by atoms with Crippen molar-refractivity contribution in [3.05, 3.63) is 64.4 Å². The van der Waals surface area contributed by atoms with E-state index < -0.39 is 21.6 Å². The summed E-state index contributed by atoms with van der Waals surface area (Å²) in [5.74, 6) is -0.690. The smallest absolute Gasteiger partial charge is 0.338 e. The predicted molar refractivity (Wildman–Crippen MR) is 121 cm³/mol. The zero-order valence-electron chi connectivity index (χ0n) is 16.6. The van der Waals surface area contributed by atoms with Crippen molar-refractivity contribution in [2.45, 2.75) is 24.8 Å². The van der Waals surface area contributed by atoms with E-state index in [1.807, 2.05) is 4.90 Å². The van der Waals surface area contributed by atoms with Crippen LogP contribution in [0.3, 0.4) is 0 Å². The second-order valence-electron chi connectivity index (χ2n) is 7.30. The van der Waals surface area contributed by atoms with Gasteiger partial charge in [-0.05, 0) is 48.9 Å². The summed E-state index contributed by atoms with van der Waals surface area (Å²) in [6, 6.07) is 10.8. The highest BCUT2D eigenvalue weighted by molar-refractivity contribution is 8.15. The third kappa shape index (κ3) is 4.88. The van der Waals surface area contributed by atoms with E-state index in [1.54, 1.807) is 37.3 Å². The zero-order valence-corrected chi connectivity index (χ0v) is 19.0. The molecule has 2 aromatic rings. The number of rotatable bonds is 5. The number of carbonyl (C=O) groups is 1. The third-order valence-corrected chi connectivity index (χ3v) is 8.67. The van der Waals surface area contributed by atoms with Crippen molar-refractivity contribution < 1.29 is 22.3 Å². The Morgan fingerprint density at radius 3 is 2.65 bits per heavy atom. The quantitative estimate of drug-likeness (QED) is 0.601. The summed E-state index contributed by atoms with van der Waals surface area (Å²) in [5.41, 5.74) is 1.88. The van der Waals surface area contributed by atoms with Crippen LogP contribution in [0.4, 0.5) is 10.1 Å². The van der Waals surface area contributed by atoms with Crippen LogP contribution >= 0.6 is 23.4 Å². The summed E-state index contributed by atoms with van der Waals surface area (Å²) in [7, 11) is -3.07. The molecule has 0 unspecified atom stereocenters. The van der Waals surface area contributed by atoms with Crippen molar-refractivity contribution in [2.75, 3.05) is 23.0 Å². The van der Waals surface area contributed by atoms with Crippen LogP contribution in [0.15, 0.2) is 47.5 Å². The minimum atomic E-state index is -3.07. The highest BCUT2D eigenvalue weighted by Gasteiger charge is 2.44. The van der Waals surface area contributed by atoms with Crippen molar-refractivity contribution in [1.29, 1.82) is 0 Å². The lowest BCUT2D eigenvalue weighted by molar-refractivity contribution is 0.0526. The molecule has 0 spiro atoms. The van der Waals surface area contributed by atoms with Crippen molar-refractivity contribution >= 4 is 50.0 Å². The van der Waals surface area contributed by atoms with Crippen LogP contribution in [0.25, 0.3) is 0 Å². The van der Waals surface area contributed by atoms with Gasteiger partial charge in [0.1, 0.15) is 5.82 Å². The predicted octanol–water partition coefficient (Wildman–Crippen LogP) is 3.93. The maximum Gasteiger partial charge on any atom is 0.338 e. The molecular weight excluding hydrogens is 463 g/mol. The van der Waals surface area contributed by atoms with Gasteiger partial charge in [-0.2, -0.15) is 0 Å². The number of amidine groups is 1. The summed E-state index contributed by atoms with van der Waals surface area (Å²) in [4.78, 5) is 18.5. The first-order chi connectivity index (χ1) is 14.8. The molecule has 0 radical (unpaired) electrons. The molecule has 0 aliphatic carbocycles. The Labute approximate surface area is 189 Å². The van der Waals surface area contributed by atoms with Crippen molar-refractivity contribution in [3.8, 4) is 0 Å². The van der Waals surface area contributed by atoms with E-state index in [9.17, 15) is 17.6 Å². The van der Waals surface area contributed by atoms with Gasteiger partial charge in [-0.15, -0.1) is 0 Å². The molecule has 10 heteroatoms. The number of nitrogens with zero attached hydrogens (tertiary/aromatic N) is 2. The third-order valence-electron chi connectivity index (χ3n) is 5.07. The maximum absolute atomic E-state index is 13.5. The maximum atomic E-state index is 13.5. The highest BCUT2D eigenvalue weighted by Crippen LogP contribution is 2.38. The minimum Gasteiger partial charge on any atom is -0.462 e. The van der Waals surface area contributed by atoms with Gasteiger partial charge in [0.15, 0.2) is 15.0 Å². The summed E-state index contributed by atoms with van der Waals surface area (Å²) in [5, 5.41) is 0.846. The monoisotopic (exact) mass is 482 g/mol. The van der Waals surface area contributed by atoms with Gasteiger partial charge in [-0.25, -0.2) is 17.6 Å². The van der Waals surface area contributed by atoms with Gasteiger partial charge in [0.05, 0.1) is 36.3 Å². The molecule has 1 saturated heterocycles. The summed E-state index contributed by atoms with van der Waals surface area (Å²) < 4.78 is 42.4. The first-order valence-corrected chi connectivity index (χ1v) is 12.8. The van der Waals surface area contributed by atoms with Gasteiger partial charge < -0.3 is 9.64 Å². The number of fused-ring (bicyclic) bond motifs is 1. The lowest BCUT2D eigenvalue weighted by Gasteiger charge is -2.25. The molecule has 0 saturated carbocycles. The molecule has 2 aromatic carbocycles. The number of anilines is 1. The Bertz CT molecular complexity index is 1140. The number of carbonyl (C=O) groups excluding carboxylic acids is 1. The van der Waals surface area contributed by atoms with Crippen LogP contribution in [0, 0.1) is 5.82 Å². The van der Waals surface area contributed by atoms with E-state index in [0.29, 0.717) is 27.9 Å². The van der Waals surface area contributed by atoms with Crippen LogP contribution in [-0.2, 0) is 21.1 Å². The fraction of sp³-hybridized carbons (Fsp3) is 0.333. The molecule has 1 fully saturated rings. The molecule has 6 nitrogen and oxygen atoms in total. The van der Waals surface area contributed by atoms with E-state index in [2.05, 4.69) is 4.99 Å². The first kappa shape index (κ1) is 22.1. The summed E-state index contributed by atoms with van der Waals surface area (Å²) >= 11 is 7.67. The summed E-state index contributed by atoms with van der Waals surface area (Å²) in [6.45, 7) is 2.35.